The Labute approximate surface area is 77.3 Å². The van der Waals surface area contributed by atoms with Crippen LogP contribution in [0.25, 0.3) is 0 Å². The minimum absolute atomic E-state index is 0.290. The van der Waals surface area contributed by atoms with Crippen molar-refractivity contribution in [3.63, 3.8) is 0 Å². The van der Waals surface area contributed by atoms with Crippen LogP contribution in [-0.2, 0) is 9.53 Å². The number of aromatic amines is 1. The average molecular weight is 182 g/mol. The Kier molecular flexibility index (Phi) is 2.60. The Morgan fingerprint density at radius 1 is 1.62 bits per heavy atom. The minimum atomic E-state index is -0.709. The Morgan fingerprint density at radius 3 is 2.77 bits per heavy atom. The second kappa shape index (κ2) is 3.51. The molecular formula is C9H14N2O2. The smallest absolute Gasteiger partial charge is 0.330 e. The van der Waals surface area contributed by atoms with Gasteiger partial charge in [0, 0.05) is 6.20 Å². The van der Waals surface area contributed by atoms with Gasteiger partial charge < -0.3 is 15.0 Å². The summed E-state index contributed by atoms with van der Waals surface area (Å²) in [6, 6.07) is 3.71. The van der Waals surface area contributed by atoms with E-state index in [9.17, 15) is 4.79 Å². The fourth-order valence-electron chi connectivity index (χ4n) is 1.05. The number of hydrogen-bond acceptors (Lipinski definition) is 3. The number of hydrogen-bond donors (Lipinski definition) is 2. The number of ether oxygens (including phenoxy) is 1. The maximum absolute atomic E-state index is 11.3. The first kappa shape index (κ1) is 9.64. The Hall–Kier alpha value is -1.45. The SMILES string of the molecule is COC(=O)C(C)(C)Nc1ccc[nH]1. The van der Waals surface area contributed by atoms with Gasteiger partial charge in [-0.05, 0) is 26.0 Å². The van der Waals surface area contributed by atoms with Crippen LogP contribution in [0.4, 0.5) is 5.82 Å². The molecule has 1 heterocycles. The lowest BCUT2D eigenvalue weighted by Crippen LogP contribution is -2.41. The maximum Gasteiger partial charge on any atom is 0.330 e. The second-order valence-electron chi connectivity index (χ2n) is 3.33. The van der Waals surface area contributed by atoms with E-state index in [-0.39, 0.29) is 5.97 Å². The number of nitrogens with one attached hydrogen (secondary N) is 2. The van der Waals surface area contributed by atoms with Crippen molar-refractivity contribution in [2.24, 2.45) is 0 Å². The molecule has 0 aliphatic heterocycles. The molecule has 1 rings (SSSR count). The summed E-state index contributed by atoms with van der Waals surface area (Å²) in [5.74, 6) is 0.512. The molecule has 0 saturated heterocycles. The first-order valence-corrected chi connectivity index (χ1v) is 4.06. The molecule has 0 aromatic carbocycles. The highest BCUT2D eigenvalue weighted by atomic mass is 16.5. The normalized spacial score (nSPS) is 11.0. The van der Waals surface area contributed by atoms with Crippen LogP contribution < -0.4 is 5.32 Å². The van der Waals surface area contributed by atoms with Crippen molar-refractivity contribution in [2.45, 2.75) is 19.4 Å². The van der Waals surface area contributed by atoms with E-state index in [0.29, 0.717) is 0 Å². The van der Waals surface area contributed by atoms with Crippen molar-refractivity contribution in [3.8, 4) is 0 Å². The van der Waals surface area contributed by atoms with Crippen LogP contribution in [0.3, 0.4) is 0 Å². The van der Waals surface area contributed by atoms with Gasteiger partial charge in [0.2, 0.25) is 0 Å². The van der Waals surface area contributed by atoms with Gasteiger partial charge in [0.1, 0.15) is 11.4 Å². The summed E-state index contributed by atoms with van der Waals surface area (Å²) in [5.41, 5.74) is -0.709. The molecule has 0 radical (unpaired) electrons. The van der Waals surface area contributed by atoms with Gasteiger partial charge in [-0.1, -0.05) is 0 Å². The largest absolute Gasteiger partial charge is 0.467 e. The molecule has 0 atom stereocenters. The summed E-state index contributed by atoms with van der Waals surface area (Å²) in [7, 11) is 1.38. The number of H-pyrrole nitrogens is 1. The van der Waals surface area contributed by atoms with Crippen LogP contribution in [0.1, 0.15) is 13.8 Å². The quantitative estimate of drug-likeness (QED) is 0.694. The van der Waals surface area contributed by atoms with E-state index in [1.165, 1.54) is 7.11 Å². The molecule has 1 aromatic rings. The molecule has 4 nitrogen and oxygen atoms in total. The summed E-state index contributed by atoms with van der Waals surface area (Å²) in [4.78, 5) is 14.2. The van der Waals surface area contributed by atoms with E-state index in [1.54, 1.807) is 20.0 Å². The van der Waals surface area contributed by atoms with Crippen LogP contribution >= 0.6 is 0 Å². The molecule has 0 aliphatic carbocycles. The molecule has 13 heavy (non-hydrogen) atoms. The molecule has 0 spiro atoms. The number of carbonyl (C=O) groups is 1. The van der Waals surface area contributed by atoms with Crippen molar-refractivity contribution < 1.29 is 9.53 Å². The van der Waals surface area contributed by atoms with Gasteiger partial charge in [-0.3, -0.25) is 0 Å². The van der Waals surface area contributed by atoms with Gasteiger partial charge in [0.05, 0.1) is 7.11 Å². The van der Waals surface area contributed by atoms with E-state index < -0.39 is 5.54 Å². The minimum Gasteiger partial charge on any atom is -0.467 e. The number of rotatable bonds is 3. The predicted octanol–water partition coefficient (Wildman–Crippen LogP) is 1.38. The third-order valence-corrected chi connectivity index (χ3v) is 1.74. The fraction of sp³-hybridized carbons (Fsp3) is 0.444. The highest BCUT2D eigenvalue weighted by molar-refractivity contribution is 5.82. The Morgan fingerprint density at radius 2 is 2.31 bits per heavy atom. The van der Waals surface area contributed by atoms with Gasteiger partial charge in [0.25, 0.3) is 0 Å². The summed E-state index contributed by atoms with van der Waals surface area (Å²) in [6.45, 7) is 3.53. The molecule has 1 aromatic heterocycles. The monoisotopic (exact) mass is 182 g/mol. The number of methoxy groups -OCH3 is 1. The highest BCUT2D eigenvalue weighted by Gasteiger charge is 2.28. The average Bonchev–Trinajstić information content (AvgIpc) is 2.54. The lowest BCUT2D eigenvalue weighted by atomic mass is 10.1. The van der Waals surface area contributed by atoms with Crippen LogP contribution in [0.2, 0.25) is 0 Å². The van der Waals surface area contributed by atoms with Crippen molar-refractivity contribution in [1.82, 2.24) is 4.98 Å². The summed E-state index contributed by atoms with van der Waals surface area (Å²) < 4.78 is 4.65. The third kappa shape index (κ3) is 2.24. The van der Waals surface area contributed by atoms with Crippen LogP contribution in [-0.4, -0.2) is 23.6 Å². The van der Waals surface area contributed by atoms with Gasteiger partial charge in [-0.15, -0.1) is 0 Å². The predicted molar refractivity (Wildman–Crippen MR) is 50.5 cm³/mol. The molecule has 4 heteroatoms. The summed E-state index contributed by atoms with van der Waals surface area (Å²) in [6.07, 6.45) is 1.79. The van der Waals surface area contributed by atoms with Gasteiger partial charge in [-0.25, -0.2) is 4.79 Å². The zero-order valence-electron chi connectivity index (χ0n) is 8.05. The molecule has 2 N–H and O–H groups in total. The second-order valence-corrected chi connectivity index (χ2v) is 3.33. The standard InChI is InChI=1S/C9H14N2O2/c1-9(2,8(12)13-3)11-7-5-4-6-10-7/h4-6,10-11H,1-3H3. The lowest BCUT2D eigenvalue weighted by Gasteiger charge is -2.23. The van der Waals surface area contributed by atoms with Crippen molar-refractivity contribution in [2.75, 3.05) is 12.4 Å². The van der Waals surface area contributed by atoms with Crippen LogP contribution in [0.5, 0.6) is 0 Å². The van der Waals surface area contributed by atoms with Gasteiger partial charge in [0.15, 0.2) is 0 Å². The number of carbonyl (C=O) groups excluding carboxylic acids is 1. The molecular weight excluding hydrogens is 168 g/mol. The number of anilines is 1. The molecule has 0 amide bonds. The van der Waals surface area contributed by atoms with Crippen LogP contribution in [0.15, 0.2) is 18.3 Å². The summed E-state index contributed by atoms with van der Waals surface area (Å²) >= 11 is 0. The zero-order valence-corrected chi connectivity index (χ0v) is 8.05. The molecule has 0 unspecified atom stereocenters. The first-order valence-electron chi connectivity index (χ1n) is 4.06. The van der Waals surface area contributed by atoms with E-state index >= 15 is 0 Å². The molecule has 72 valence electrons. The van der Waals surface area contributed by atoms with E-state index in [4.69, 9.17) is 0 Å². The number of esters is 1. The molecule has 0 saturated carbocycles. The van der Waals surface area contributed by atoms with Crippen molar-refractivity contribution >= 4 is 11.8 Å². The van der Waals surface area contributed by atoms with E-state index in [2.05, 4.69) is 15.0 Å². The Balaban J connectivity index is 2.67. The summed E-state index contributed by atoms with van der Waals surface area (Å²) in [5, 5.41) is 3.02. The molecule has 0 fully saturated rings. The van der Waals surface area contributed by atoms with Crippen molar-refractivity contribution in [1.29, 1.82) is 0 Å². The lowest BCUT2D eigenvalue weighted by molar-refractivity contribution is -0.144. The van der Waals surface area contributed by atoms with E-state index in [1.807, 2.05) is 12.1 Å². The number of aromatic nitrogens is 1. The highest BCUT2D eigenvalue weighted by Crippen LogP contribution is 2.13. The molecule has 0 aliphatic rings. The fourth-order valence-corrected chi connectivity index (χ4v) is 1.05. The zero-order chi connectivity index (χ0) is 9.90. The van der Waals surface area contributed by atoms with Crippen LogP contribution in [0, 0.1) is 0 Å². The van der Waals surface area contributed by atoms with E-state index in [0.717, 1.165) is 5.82 Å². The van der Waals surface area contributed by atoms with Gasteiger partial charge >= 0.3 is 5.97 Å². The van der Waals surface area contributed by atoms with Gasteiger partial charge in [-0.2, -0.15) is 0 Å². The van der Waals surface area contributed by atoms with Crippen molar-refractivity contribution in [3.05, 3.63) is 18.3 Å². The Bertz CT molecular complexity index is 278. The third-order valence-electron chi connectivity index (χ3n) is 1.74. The maximum atomic E-state index is 11.3. The topological polar surface area (TPSA) is 54.1 Å². The first-order chi connectivity index (χ1) is 6.06. The molecule has 0 bridgehead atoms.